The lowest BCUT2D eigenvalue weighted by atomic mass is 10.1. The van der Waals surface area contributed by atoms with Gasteiger partial charge in [0, 0.05) is 13.2 Å². The molecule has 0 aliphatic rings. The molecule has 0 N–H and O–H groups in total. The van der Waals surface area contributed by atoms with Gasteiger partial charge in [0.1, 0.15) is 0 Å². The molecule has 0 spiro atoms. The first-order valence-electron chi connectivity index (χ1n) is 5.99. The van der Waals surface area contributed by atoms with Crippen LogP contribution < -0.4 is 0 Å². The van der Waals surface area contributed by atoms with Crippen molar-refractivity contribution in [2.24, 2.45) is 0 Å². The lowest BCUT2D eigenvalue weighted by Gasteiger charge is -2.01. The van der Waals surface area contributed by atoms with Crippen LogP contribution in [0, 0.1) is 0 Å². The lowest BCUT2D eigenvalue weighted by molar-refractivity contribution is 0.143. The summed E-state index contributed by atoms with van der Waals surface area (Å²) >= 11 is 0. The summed E-state index contributed by atoms with van der Waals surface area (Å²) in [6, 6.07) is 0. The van der Waals surface area contributed by atoms with E-state index in [1.165, 1.54) is 51.4 Å². The van der Waals surface area contributed by atoms with E-state index in [4.69, 9.17) is 4.74 Å². The molecule has 0 aliphatic heterocycles. The van der Waals surface area contributed by atoms with Gasteiger partial charge < -0.3 is 4.74 Å². The van der Waals surface area contributed by atoms with Gasteiger partial charge in [-0.3, -0.25) is 0 Å². The second-order valence-corrected chi connectivity index (χ2v) is 3.67. The minimum atomic E-state index is 0.872. The zero-order valence-electron chi connectivity index (χ0n) is 9.48. The van der Waals surface area contributed by atoms with E-state index >= 15 is 0 Å². The molecule has 80 valence electrons. The van der Waals surface area contributed by atoms with Crippen LogP contribution >= 0.6 is 0 Å². The molecule has 0 fully saturated rings. The second kappa shape index (κ2) is 12.0. The summed E-state index contributed by atoms with van der Waals surface area (Å²) in [5.74, 6) is 0. The van der Waals surface area contributed by atoms with Crippen LogP contribution in [0.5, 0.6) is 0 Å². The Kier molecular flexibility index (Phi) is 11.9. The van der Waals surface area contributed by atoms with Gasteiger partial charge in [-0.05, 0) is 13.3 Å². The van der Waals surface area contributed by atoms with Crippen LogP contribution in [-0.4, -0.2) is 13.2 Å². The maximum Gasteiger partial charge on any atom is 0.0465 e. The minimum absolute atomic E-state index is 0.872. The number of rotatable bonds is 10. The van der Waals surface area contributed by atoms with Crippen LogP contribution in [0.1, 0.15) is 65.2 Å². The van der Waals surface area contributed by atoms with Crippen molar-refractivity contribution in [3.63, 3.8) is 0 Å². The molecule has 0 atom stereocenters. The molecular formula is C12H26O. The van der Waals surface area contributed by atoms with E-state index in [-0.39, 0.29) is 0 Å². The Bertz CT molecular complexity index is 71.2. The number of unbranched alkanes of at least 4 members (excludes halogenated alkanes) is 7. The molecule has 13 heavy (non-hydrogen) atoms. The van der Waals surface area contributed by atoms with Crippen LogP contribution in [0.3, 0.4) is 0 Å². The molecule has 0 radical (unpaired) electrons. The summed E-state index contributed by atoms with van der Waals surface area (Å²) < 4.78 is 5.28. The average molecular weight is 186 g/mol. The van der Waals surface area contributed by atoms with Crippen molar-refractivity contribution in [2.75, 3.05) is 13.2 Å². The van der Waals surface area contributed by atoms with Crippen LogP contribution in [0.25, 0.3) is 0 Å². The summed E-state index contributed by atoms with van der Waals surface area (Å²) in [6.45, 7) is 6.16. The molecule has 0 aromatic rings. The molecule has 0 heterocycles. The Labute approximate surface area is 83.9 Å². The van der Waals surface area contributed by atoms with E-state index in [0.29, 0.717) is 0 Å². The SMILES string of the molecule is CCCCCCCCCCOCC. The number of hydrogen-bond donors (Lipinski definition) is 0. The Morgan fingerprint density at radius 3 is 1.77 bits per heavy atom. The van der Waals surface area contributed by atoms with Gasteiger partial charge in [0.05, 0.1) is 0 Å². The van der Waals surface area contributed by atoms with Gasteiger partial charge in [-0.25, -0.2) is 0 Å². The highest BCUT2D eigenvalue weighted by molar-refractivity contribution is 4.45. The molecule has 0 aliphatic carbocycles. The van der Waals surface area contributed by atoms with Crippen molar-refractivity contribution in [3.8, 4) is 0 Å². The maximum atomic E-state index is 5.28. The van der Waals surface area contributed by atoms with Crippen molar-refractivity contribution in [2.45, 2.75) is 65.2 Å². The highest BCUT2D eigenvalue weighted by Gasteiger charge is 1.90. The van der Waals surface area contributed by atoms with E-state index in [2.05, 4.69) is 13.8 Å². The standard InChI is InChI=1S/C12H26O/c1-3-5-6-7-8-9-10-11-12-13-4-2/h3-12H2,1-2H3. The fourth-order valence-electron chi connectivity index (χ4n) is 1.48. The van der Waals surface area contributed by atoms with Gasteiger partial charge in [0.15, 0.2) is 0 Å². The Balaban J connectivity index is 2.76. The quantitative estimate of drug-likeness (QED) is 0.465. The first-order chi connectivity index (χ1) is 6.41. The molecule has 0 unspecified atom stereocenters. The summed E-state index contributed by atoms with van der Waals surface area (Å²) in [5.41, 5.74) is 0. The first kappa shape index (κ1) is 13.0. The monoisotopic (exact) mass is 186 g/mol. The molecule has 1 heteroatoms. The normalized spacial score (nSPS) is 10.6. The molecule has 0 bridgehead atoms. The van der Waals surface area contributed by atoms with Crippen molar-refractivity contribution in [3.05, 3.63) is 0 Å². The van der Waals surface area contributed by atoms with Crippen LogP contribution in [-0.2, 0) is 4.74 Å². The van der Waals surface area contributed by atoms with Crippen LogP contribution in [0.2, 0.25) is 0 Å². The molecule has 0 saturated heterocycles. The van der Waals surface area contributed by atoms with Crippen molar-refractivity contribution < 1.29 is 4.74 Å². The fourth-order valence-corrected chi connectivity index (χ4v) is 1.48. The predicted octanol–water partition coefficient (Wildman–Crippen LogP) is 4.16. The minimum Gasteiger partial charge on any atom is -0.382 e. The third-order valence-corrected chi connectivity index (χ3v) is 2.35. The van der Waals surface area contributed by atoms with E-state index < -0.39 is 0 Å². The van der Waals surface area contributed by atoms with Crippen LogP contribution in [0.4, 0.5) is 0 Å². The fraction of sp³-hybridized carbons (Fsp3) is 1.00. The largest absolute Gasteiger partial charge is 0.382 e. The molecule has 0 amide bonds. The second-order valence-electron chi connectivity index (χ2n) is 3.67. The summed E-state index contributed by atoms with van der Waals surface area (Å²) in [7, 11) is 0. The Hall–Kier alpha value is -0.0400. The number of hydrogen-bond acceptors (Lipinski definition) is 1. The highest BCUT2D eigenvalue weighted by atomic mass is 16.5. The van der Waals surface area contributed by atoms with Crippen molar-refractivity contribution >= 4 is 0 Å². The molecule has 1 nitrogen and oxygen atoms in total. The van der Waals surface area contributed by atoms with E-state index in [9.17, 15) is 0 Å². The smallest absolute Gasteiger partial charge is 0.0465 e. The maximum absolute atomic E-state index is 5.28. The summed E-state index contributed by atoms with van der Waals surface area (Å²) in [5, 5.41) is 0. The highest BCUT2D eigenvalue weighted by Crippen LogP contribution is 2.08. The molecular weight excluding hydrogens is 160 g/mol. The topological polar surface area (TPSA) is 9.23 Å². The zero-order valence-corrected chi connectivity index (χ0v) is 9.48. The Morgan fingerprint density at radius 2 is 1.23 bits per heavy atom. The summed E-state index contributed by atoms with van der Waals surface area (Å²) in [4.78, 5) is 0. The average Bonchev–Trinajstić information content (AvgIpc) is 2.16. The van der Waals surface area contributed by atoms with Gasteiger partial charge in [-0.2, -0.15) is 0 Å². The van der Waals surface area contributed by atoms with Crippen molar-refractivity contribution in [1.82, 2.24) is 0 Å². The third kappa shape index (κ3) is 12.0. The van der Waals surface area contributed by atoms with Gasteiger partial charge >= 0.3 is 0 Å². The molecule has 0 saturated carbocycles. The number of ether oxygens (including phenoxy) is 1. The molecule has 0 rings (SSSR count). The zero-order chi connectivity index (χ0) is 9.78. The third-order valence-electron chi connectivity index (χ3n) is 2.35. The van der Waals surface area contributed by atoms with Crippen molar-refractivity contribution in [1.29, 1.82) is 0 Å². The van der Waals surface area contributed by atoms with Gasteiger partial charge in [-0.1, -0.05) is 51.9 Å². The molecule has 0 aromatic carbocycles. The molecule has 0 aromatic heterocycles. The van der Waals surface area contributed by atoms with Gasteiger partial charge in [-0.15, -0.1) is 0 Å². The predicted molar refractivity (Wildman–Crippen MR) is 59.1 cm³/mol. The van der Waals surface area contributed by atoms with E-state index in [0.717, 1.165) is 13.2 Å². The lowest BCUT2D eigenvalue weighted by Crippen LogP contribution is -1.92. The van der Waals surface area contributed by atoms with E-state index in [1.54, 1.807) is 0 Å². The first-order valence-corrected chi connectivity index (χ1v) is 5.99. The summed E-state index contributed by atoms with van der Waals surface area (Å²) in [6.07, 6.45) is 11.1. The van der Waals surface area contributed by atoms with Crippen LogP contribution in [0.15, 0.2) is 0 Å². The van der Waals surface area contributed by atoms with E-state index in [1.807, 2.05) is 0 Å². The van der Waals surface area contributed by atoms with Gasteiger partial charge in [0.25, 0.3) is 0 Å². The van der Waals surface area contributed by atoms with Gasteiger partial charge in [0.2, 0.25) is 0 Å². The Morgan fingerprint density at radius 1 is 0.692 bits per heavy atom.